The summed E-state index contributed by atoms with van der Waals surface area (Å²) in [6, 6.07) is 15.3. The van der Waals surface area contributed by atoms with E-state index in [2.05, 4.69) is 17.4 Å². The van der Waals surface area contributed by atoms with E-state index in [-0.39, 0.29) is 24.0 Å². The molecule has 2 aliphatic carbocycles. The van der Waals surface area contributed by atoms with E-state index in [0.29, 0.717) is 18.9 Å². The largest absolute Gasteiger partial charge is 0.375 e. The van der Waals surface area contributed by atoms with Crippen molar-refractivity contribution in [1.82, 2.24) is 10.2 Å². The number of carbonyl (C=O) groups is 2. The van der Waals surface area contributed by atoms with E-state index in [0.717, 1.165) is 36.0 Å². The average Bonchev–Trinajstić information content (AvgIpc) is 3.47. The number of benzene rings is 2. The second-order valence-corrected chi connectivity index (χ2v) is 8.44. The Morgan fingerprint density at radius 2 is 1.76 bits per heavy atom. The summed E-state index contributed by atoms with van der Waals surface area (Å²) in [5, 5.41) is 3.22. The SMILES string of the molecule is COC1c2ccccc2CC1NC(=O)C1c2ccccc2CC(=O)N1CC1CC1. The maximum Gasteiger partial charge on any atom is 0.247 e. The summed E-state index contributed by atoms with van der Waals surface area (Å²) in [5.41, 5.74) is 4.26. The molecule has 2 aromatic rings. The molecular formula is C24H26N2O3. The van der Waals surface area contributed by atoms with Gasteiger partial charge in [-0.05, 0) is 47.4 Å². The first kappa shape index (κ1) is 18.4. The van der Waals surface area contributed by atoms with Crippen LogP contribution in [-0.2, 0) is 27.2 Å². The normalized spacial score (nSPS) is 25.5. The van der Waals surface area contributed by atoms with Gasteiger partial charge in [0.15, 0.2) is 0 Å². The van der Waals surface area contributed by atoms with Crippen LogP contribution < -0.4 is 5.32 Å². The molecule has 0 spiro atoms. The van der Waals surface area contributed by atoms with Crippen LogP contribution >= 0.6 is 0 Å². The Balaban J connectivity index is 1.43. The van der Waals surface area contributed by atoms with E-state index >= 15 is 0 Å². The Labute approximate surface area is 171 Å². The minimum Gasteiger partial charge on any atom is -0.375 e. The van der Waals surface area contributed by atoms with Crippen molar-refractivity contribution in [2.75, 3.05) is 13.7 Å². The van der Waals surface area contributed by atoms with Crippen LogP contribution in [0.2, 0.25) is 0 Å². The van der Waals surface area contributed by atoms with Crippen LogP contribution in [0.15, 0.2) is 48.5 Å². The predicted octanol–water partition coefficient (Wildman–Crippen LogP) is 2.95. The van der Waals surface area contributed by atoms with Crippen molar-refractivity contribution in [1.29, 1.82) is 0 Å². The number of hydrogen-bond acceptors (Lipinski definition) is 3. The highest BCUT2D eigenvalue weighted by molar-refractivity contribution is 5.92. The summed E-state index contributed by atoms with van der Waals surface area (Å²) < 4.78 is 5.74. The Kier molecular flexibility index (Phi) is 4.63. The predicted molar refractivity (Wildman–Crippen MR) is 109 cm³/mol. The molecule has 29 heavy (non-hydrogen) atoms. The molecule has 3 unspecified atom stereocenters. The van der Waals surface area contributed by atoms with E-state index in [9.17, 15) is 9.59 Å². The van der Waals surface area contributed by atoms with Gasteiger partial charge in [-0.1, -0.05) is 48.5 Å². The van der Waals surface area contributed by atoms with E-state index < -0.39 is 6.04 Å². The number of nitrogens with one attached hydrogen (secondary N) is 1. The first-order chi connectivity index (χ1) is 14.2. The van der Waals surface area contributed by atoms with Crippen LogP contribution in [0.5, 0.6) is 0 Å². The molecule has 0 saturated heterocycles. The van der Waals surface area contributed by atoms with Crippen molar-refractivity contribution < 1.29 is 14.3 Å². The molecular weight excluding hydrogens is 364 g/mol. The summed E-state index contributed by atoms with van der Waals surface area (Å²) in [4.78, 5) is 28.2. The van der Waals surface area contributed by atoms with Gasteiger partial charge >= 0.3 is 0 Å². The molecule has 1 heterocycles. The second-order valence-electron chi connectivity index (χ2n) is 8.44. The Morgan fingerprint density at radius 3 is 2.48 bits per heavy atom. The summed E-state index contributed by atoms with van der Waals surface area (Å²) in [6.45, 7) is 0.670. The standard InChI is InChI=1S/C24H26N2O3/c1-29-23-19-9-5-3-6-16(19)12-20(23)25-24(28)22-18-8-4-2-7-17(18)13-21(27)26(22)14-15-10-11-15/h2-9,15,20,22-23H,10-14H2,1H3,(H,25,28). The van der Waals surface area contributed by atoms with Crippen LogP contribution in [0.25, 0.3) is 0 Å². The van der Waals surface area contributed by atoms with Crippen LogP contribution in [0.1, 0.15) is 47.2 Å². The minimum absolute atomic E-state index is 0.0498. The summed E-state index contributed by atoms with van der Waals surface area (Å²) in [6.07, 6.45) is 3.24. The number of rotatable bonds is 5. The third kappa shape index (κ3) is 3.33. The topological polar surface area (TPSA) is 58.6 Å². The molecule has 5 rings (SSSR count). The van der Waals surface area contributed by atoms with Crippen molar-refractivity contribution in [3.05, 3.63) is 70.8 Å². The third-order valence-corrected chi connectivity index (χ3v) is 6.47. The van der Waals surface area contributed by atoms with E-state index in [4.69, 9.17) is 4.74 Å². The molecule has 150 valence electrons. The van der Waals surface area contributed by atoms with Gasteiger partial charge in [0.25, 0.3) is 0 Å². The zero-order valence-electron chi connectivity index (χ0n) is 16.6. The van der Waals surface area contributed by atoms with Gasteiger partial charge in [-0.2, -0.15) is 0 Å². The molecule has 5 nitrogen and oxygen atoms in total. The zero-order chi connectivity index (χ0) is 20.0. The number of amides is 2. The molecule has 1 aliphatic heterocycles. The highest BCUT2D eigenvalue weighted by Crippen LogP contribution is 2.38. The fourth-order valence-corrected chi connectivity index (χ4v) is 4.84. The van der Waals surface area contributed by atoms with Gasteiger partial charge in [-0.25, -0.2) is 0 Å². The summed E-state index contributed by atoms with van der Waals surface area (Å²) >= 11 is 0. The summed E-state index contributed by atoms with van der Waals surface area (Å²) in [7, 11) is 1.69. The summed E-state index contributed by atoms with van der Waals surface area (Å²) in [5.74, 6) is 0.474. The lowest BCUT2D eigenvalue weighted by Gasteiger charge is -2.37. The Hall–Kier alpha value is -2.66. The molecule has 0 radical (unpaired) electrons. The average molecular weight is 390 g/mol. The van der Waals surface area contributed by atoms with Gasteiger partial charge in [-0.3, -0.25) is 9.59 Å². The number of nitrogens with zero attached hydrogens (tertiary/aromatic N) is 1. The smallest absolute Gasteiger partial charge is 0.247 e. The maximum absolute atomic E-state index is 13.5. The number of ether oxygens (including phenoxy) is 1. The highest BCUT2D eigenvalue weighted by atomic mass is 16.5. The number of carbonyl (C=O) groups excluding carboxylic acids is 2. The lowest BCUT2D eigenvalue weighted by molar-refractivity contribution is -0.142. The van der Waals surface area contributed by atoms with Crippen LogP contribution in [0.4, 0.5) is 0 Å². The molecule has 1 fully saturated rings. The van der Waals surface area contributed by atoms with Gasteiger partial charge in [0.05, 0.1) is 12.5 Å². The quantitative estimate of drug-likeness (QED) is 0.854. The van der Waals surface area contributed by atoms with Gasteiger partial charge in [-0.15, -0.1) is 0 Å². The van der Waals surface area contributed by atoms with Crippen molar-refractivity contribution in [2.45, 2.75) is 43.9 Å². The first-order valence-corrected chi connectivity index (χ1v) is 10.4. The molecule has 5 heteroatoms. The van der Waals surface area contributed by atoms with Crippen LogP contribution in [0.3, 0.4) is 0 Å². The molecule has 2 aromatic carbocycles. The van der Waals surface area contributed by atoms with Gasteiger partial charge in [0, 0.05) is 13.7 Å². The fourth-order valence-electron chi connectivity index (χ4n) is 4.84. The number of methoxy groups -OCH3 is 1. The minimum atomic E-state index is -0.561. The molecule has 1 saturated carbocycles. The Morgan fingerprint density at radius 1 is 1.07 bits per heavy atom. The van der Waals surface area contributed by atoms with Gasteiger partial charge in [0.1, 0.15) is 12.1 Å². The highest BCUT2D eigenvalue weighted by Gasteiger charge is 2.42. The van der Waals surface area contributed by atoms with Gasteiger partial charge in [0.2, 0.25) is 11.8 Å². The van der Waals surface area contributed by atoms with Crippen molar-refractivity contribution in [3.63, 3.8) is 0 Å². The van der Waals surface area contributed by atoms with E-state index in [1.54, 1.807) is 12.0 Å². The first-order valence-electron chi connectivity index (χ1n) is 10.4. The molecule has 1 N–H and O–H groups in total. The second kappa shape index (κ2) is 7.30. The van der Waals surface area contributed by atoms with E-state index in [1.807, 2.05) is 36.4 Å². The maximum atomic E-state index is 13.5. The lowest BCUT2D eigenvalue weighted by Crippen LogP contribution is -2.50. The lowest BCUT2D eigenvalue weighted by atomic mass is 9.91. The monoisotopic (exact) mass is 390 g/mol. The molecule has 2 amide bonds. The number of fused-ring (bicyclic) bond motifs is 2. The molecule has 0 aromatic heterocycles. The zero-order valence-corrected chi connectivity index (χ0v) is 16.6. The molecule has 3 aliphatic rings. The van der Waals surface area contributed by atoms with E-state index in [1.165, 1.54) is 5.56 Å². The fraction of sp³-hybridized carbons (Fsp3) is 0.417. The van der Waals surface area contributed by atoms with Crippen LogP contribution in [-0.4, -0.2) is 36.4 Å². The van der Waals surface area contributed by atoms with Crippen LogP contribution in [0, 0.1) is 5.92 Å². The molecule has 3 atom stereocenters. The Bertz CT molecular complexity index is 953. The number of hydrogen-bond donors (Lipinski definition) is 1. The van der Waals surface area contributed by atoms with Gasteiger partial charge < -0.3 is 15.0 Å². The van der Waals surface area contributed by atoms with Crippen molar-refractivity contribution >= 4 is 11.8 Å². The van der Waals surface area contributed by atoms with Crippen molar-refractivity contribution in [2.24, 2.45) is 5.92 Å². The van der Waals surface area contributed by atoms with Crippen molar-refractivity contribution in [3.8, 4) is 0 Å². The molecule has 0 bridgehead atoms. The third-order valence-electron chi connectivity index (χ3n) is 6.47.